The zero-order valence-corrected chi connectivity index (χ0v) is 12.1. The second-order valence-electron chi connectivity index (χ2n) is 3.74. The van der Waals surface area contributed by atoms with Crippen molar-refractivity contribution in [2.45, 2.75) is 13.5 Å². The Balaban J connectivity index is 2.15. The number of hydrogen-bond donors (Lipinski definition) is 1. The lowest BCUT2D eigenvalue weighted by Gasteiger charge is -2.07. The van der Waals surface area contributed by atoms with Gasteiger partial charge in [-0.05, 0) is 31.2 Å². The van der Waals surface area contributed by atoms with Crippen molar-refractivity contribution in [1.82, 2.24) is 9.97 Å². The molecule has 0 aliphatic heterocycles. The maximum Gasteiger partial charge on any atom is 0.224 e. The van der Waals surface area contributed by atoms with Crippen molar-refractivity contribution < 1.29 is 9.47 Å². The Hall–Kier alpha value is -1.66. The number of ether oxygens (including phenoxy) is 2. The lowest BCUT2D eigenvalue weighted by atomic mass is 10.3. The number of rotatable bonds is 5. The van der Waals surface area contributed by atoms with E-state index in [1.807, 2.05) is 31.2 Å². The zero-order chi connectivity index (χ0) is 13.7. The summed E-state index contributed by atoms with van der Waals surface area (Å²) in [5.74, 6) is 1.96. The molecule has 0 bridgehead atoms. The first-order valence-corrected chi connectivity index (χ1v) is 6.61. The van der Waals surface area contributed by atoms with E-state index in [0.29, 0.717) is 36.5 Å². The highest BCUT2D eigenvalue weighted by atomic mass is 79.9. The molecule has 2 rings (SSSR count). The van der Waals surface area contributed by atoms with Gasteiger partial charge in [-0.3, -0.25) is 0 Å². The summed E-state index contributed by atoms with van der Waals surface area (Å²) in [7, 11) is 0. The maximum atomic E-state index is 5.71. The van der Waals surface area contributed by atoms with Crippen LogP contribution in [-0.4, -0.2) is 16.6 Å². The Bertz CT molecular complexity index is 546. The van der Waals surface area contributed by atoms with Crippen molar-refractivity contribution in [3.05, 3.63) is 40.6 Å². The van der Waals surface area contributed by atoms with E-state index in [0.717, 1.165) is 4.47 Å². The predicted molar refractivity (Wildman–Crippen MR) is 76.0 cm³/mol. The summed E-state index contributed by atoms with van der Waals surface area (Å²) < 4.78 is 11.9. The van der Waals surface area contributed by atoms with E-state index in [2.05, 4.69) is 25.9 Å². The van der Waals surface area contributed by atoms with Gasteiger partial charge in [0.1, 0.15) is 18.2 Å². The van der Waals surface area contributed by atoms with Crippen LogP contribution in [0, 0.1) is 0 Å². The molecule has 19 heavy (non-hydrogen) atoms. The zero-order valence-electron chi connectivity index (χ0n) is 10.5. The van der Waals surface area contributed by atoms with Crippen molar-refractivity contribution >= 4 is 21.7 Å². The van der Waals surface area contributed by atoms with Crippen LogP contribution >= 0.6 is 15.9 Å². The summed E-state index contributed by atoms with van der Waals surface area (Å²) in [5.41, 5.74) is 5.71. The van der Waals surface area contributed by atoms with Gasteiger partial charge in [0, 0.05) is 17.1 Å². The molecular weight excluding hydrogens is 310 g/mol. The fraction of sp³-hybridized carbons (Fsp3) is 0.231. The smallest absolute Gasteiger partial charge is 0.224 e. The predicted octanol–water partition coefficient (Wildman–Crippen LogP) is 3.15. The summed E-state index contributed by atoms with van der Waals surface area (Å²) >= 11 is 3.36. The third kappa shape index (κ3) is 4.18. The Morgan fingerprint density at radius 3 is 2.63 bits per heavy atom. The normalized spacial score (nSPS) is 10.4. The molecule has 0 saturated carbocycles. The van der Waals surface area contributed by atoms with Crippen LogP contribution < -0.4 is 10.5 Å². The van der Waals surface area contributed by atoms with E-state index in [4.69, 9.17) is 15.2 Å². The Labute approximate surface area is 119 Å². The third-order valence-corrected chi connectivity index (χ3v) is 2.77. The fourth-order valence-corrected chi connectivity index (χ4v) is 1.69. The number of benzene rings is 1. The van der Waals surface area contributed by atoms with Crippen LogP contribution in [0.1, 0.15) is 12.7 Å². The van der Waals surface area contributed by atoms with Gasteiger partial charge in [-0.2, -0.15) is 4.98 Å². The average Bonchev–Trinajstić information content (AvgIpc) is 2.38. The van der Waals surface area contributed by atoms with E-state index >= 15 is 0 Å². The number of aromatic nitrogens is 2. The van der Waals surface area contributed by atoms with Crippen LogP contribution in [0.15, 0.2) is 34.8 Å². The van der Waals surface area contributed by atoms with Gasteiger partial charge >= 0.3 is 0 Å². The highest BCUT2D eigenvalue weighted by molar-refractivity contribution is 9.10. The Kier molecular flexibility index (Phi) is 4.70. The molecule has 5 nitrogen and oxygen atoms in total. The lowest BCUT2D eigenvalue weighted by molar-refractivity contribution is 0.128. The second-order valence-corrected chi connectivity index (χ2v) is 4.66. The van der Waals surface area contributed by atoms with Crippen LogP contribution in [0.2, 0.25) is 0 Å². The molecule has 2 N–H and O–H groups in total. The number of nitrogen functional groups attached to an aromatic ring is 1. The summed E-state index contributed by atoms with van der Waals surface area (Å²) in [6.45, 7) is 2.82. The molecule has 0 unspecified atom stereocenters. The molecule has 0 radical (unpaired) electrons. The van der Waals surface area contributed by atoms with Crippen LogP contribution in [0.25, 0.3) is 0 Å². The van der Waals surface area contributed by atoms with Crippen LogP contribution in [0.5, 0.6) is 11.6 Å². The largest absolute Gasteiger partial charge is 0.439 e. The maximum absolute atomic E-state index is 5.71. The van der Waals surface area contributed by atoms with Gasteiger partial charge in [0.25, 0.3) is 0 Å². The molecule has 0 aliphatic carbocycles. The van der Waals surface area contributed by atoms with E-state index in [1.54, 1.807) is 6.07 Å². The minimum Gasteiger partial charge on any atom is -0.439 e. The Morgan fingerprint density at radius 1 is 1.21 bits per heavy atom. The van der Waals surface area contributed by atoms with Gasteiger partial charge in [-0.25, -0.2) is 4.98 Å². The summed E-state index contributed by atoms with van der Waals surface area (Å²) in [6, 6.07) is 9.04. The summed E-state index contributed by atoms with van der Waals surface area (Å²) in [6.07, 6.45) is 0. The van der Waals surface area contributed by atoms with Crippen molar-refractivity contribution in [3.8, 4) is 11.6 Å². The van der Waals surface area contributed by atoms with Gasteiger partial charge < -0.3 is 15.2 Å². The monoisotopic (exact) mass is 323 g/mol. The third-order valence-electron chi connectivity index (χ3n) is 2.24. The van der Waals surface area contributed by atoms with Crippen LogP contribution in [0.4, 0.5) is 5.82 Å². The molecule has 6 heteroatoms. The van der Waals surface area contributed by atoms with Crippen LogP contribution in [-0.2, 0) is 11.3 Å². The highest BCUT2D eigenvalue weighted by Gasteiger charge is 2.05. The molecule has 0 saturated heterocycles. The van der Waals surface area contributed by atoms with Gasteiger partial charge in [-0.1, -0.05) is 15.9 Å². The topological polar surface area (TPSA) is 70.3 Å². The molecule has 1 aromatic carbocycles. The first-order chi connectivity index (χ1) is 9.17. The van der Waals surface area contributed by atoms with E-state index in [1.165, 1.54) is 0 Å². The number of halogens is 1. The highest BCUT2D eigenvalue weighted by Crippen LogP contribution is 2.22. The van der Waals surface area contributed by atoms with Gasteiger partial charge in [-0.15, -0.1) is 0 Å². The van der Waals surface area contributed by atoms with Crippen molar-refractivity contribution in [3.63, 3.8) is 0 Å². The standard InChI is InChI=1S/C13H14BrN3O2/c1-2-18-8-12-16-11(15)7-13(17-12)19-10-5-3-9(14)4-6-10/h3-7H,2,8H2,1H3,(H2,15,16,17). The van der Waals surface area contributed by atoms with E-state index in [9.17, 15) is 0 Å². The minimum atomic E-state index is 0.318. The lowest BCUT2D eigenvalue weighted by Crippen LogP contribution is -2.03. The molecule has 0 spiro atoms. The number of anilines is 1. The minimum absolute atomic E-state index is 0.318. The quantitative estimate of drug-likeness (QED) is 0.915. The van der Waals surface area contributed by atoms with Gasteiger partial charge in [0.15, 0.2) is 5.82 Å². The molecule has 0 amide bonds. The molecule has 0 atom stereocenters. The molecule has 100 valence electrons. The molecular formula is C13H14BrN3O2. The fourth-order valence-electron chi connectivity index (χ4n) is 1.43. The second kappa shape index (κ2) is 6.49. The number of hydrogen-bond acceptors (Lipinski definition) is 5. The number of nitrogens with zero attached hydrogens (tertiary/aromatic N) is 2. The molecule has 1 heterocycles. The first kappa shape index (κ1) is 13.8. The van der Waals surface area contributed by atoms with E-state index in [-0.39, 0.29) is 0 Å². The molecule has 1 aromatic heterocycles. The van der Waals surface area contributed by atoms with Crippen molar-refractivity contribution in [2.75, 3.05) is 12.3 Å². The molecule has 2 aromatic rings. The summed E-state index contributed by atoms with van der Waals surface area (Å²) in [5, 5.41) is 0. The van der Waals surface area contributed by atoms with Crippen molar-refractivity contribution in [2.24, 2.45) is 0 Å². The Morgan fingerprint density at radius 2 is 1.95 bits per heavy atom. The van der Waals surface area contributed by atoms with Crippen LogP contribution in [0.3, 0.4) is 0 Å². The molecule has 0 fully saturated rings. The van der Waals surface area contributed by atoms with E-state index < -0.39 is 0 Å². The SMILES string of the molecule is CCOCc1nc(N)cc(Oc2ccc(Br)cc2)n1. The first-order valence-electron chi connectivity index (χ1n) is 5.82. The molecule has 0 aliphatic rings. The average molecular weight is 324 g/mol. The van der Waals surface area contributed by atoms with Gasteiger partial charge in [0.05, 0.1) is 0 Å². The van der Waals surface area contributed by atoms with Crippen molar-refractivity contribution in [1.29, 1.82) is 0 Å². The van der Waals surface area contributed by atoms with Gasteiger partial charge in [0.2, 0.25) is 5.88 Å². The summed E-state index contributed by atoms with van der Waals surface area (Å²) in [4.78, 5) is 8.32. The number of nitrogens with two attached hydrogens (primary N) is 1.